The number of carbonyl (C=O) groups is 1. The Labute approximate surface area is 200 Å². The first-order valence-corrected chi connectivity index (χ1v) is 13.9. The molecule has 3 rings (SSSR count). The van der Waals surface area contributed by atoms with Crippen molar-refractivity contribution in [2.24, 2.45) is 0 Å². The maximum atomic E-state index is 13.1. The Morgan fingerprint density at radius 1 is 1.18 bits per heavy atom. The van der Waals surface area contributed by atoms with Gasteiger partial charge in [-0.25, -0.2) is 13.1 Å². The third kappa shape index (κ3) is 7.42. The topological polar surface area (TPSA) is 75.7 Å². The number of likely N-dealkylation sites (tertiary alicyclic amines) is 1. The maximum Gasteiger partial charge on any atom is 0.416 e. The van der Waals surface area contributed by atoms with Gasteiger partial charge in [-0.2, -0.15) is 13.2 Å². The highest BCUT2D eigenvalue weighted by Crippen LogP contribution is 2.37. The van der Waals surface area contributed by atoms with E-state index in [9.17, 15) is 26.4 Å². The summed E-state index contributed by atoms with van der Waals surface area (Å²) in [4.78, 5) is 14.4. The second kappa shape index (κ2) is 11.4. The third-order valence-corrected chi connectivity index (χ3v) is 7.52. The molecule has 1 saturated carbocycles. The van der Waals surface area contributed by atoms with Gasteiger partial charge >= 0.3 is 6.18 Å². The molecule has 34 heavy (non-hydrogen) atoms. The molecule has 1 amide bonds. The summed E-state index contributed by atoms with van der Waals surface area (Å²) in [7, 11) is -3.44. The molecule has 1 heterocycles. The maximum absolute atomic E-state index is 13.1. The molecule has 0 spiro atoms. The molecular weight excluding hydrogens is 469 g/mol. The molecule has 1 aliphatic carbocycles. The van der Waals surface area contributed by atoms with Crippen molar-refractivity contribution in [3.63, 3.8) is 0 Å². The van der Waals surface area contributed by atoms with Crippen molar-refractivity contribution in [2.45, 2.75) is 88.6 Å². The number of benzene rings is 1. The molecule has 1 saturated heterocycles. The Kier molecular flexibility index (Phi) is 9.03. The van der Waals surface area contributed by atoms with Crippen LogP contribution in [0, 0.1) is 0 Å². The summed E-state index contributed by atoms with van der Waals surface area (Å²) in [5, 5.41) is 0. The van der Waals surface area contributed by atoms with Crippen molar-refractivity contribution in [3.05, 3.63) is 35.4 Å². The standard InChI is InChI=1S/C24H35F3N2O4S/c1-3-6-23(30)29-14-5-9-21(28-34(2,31)32)22(29)16-33-20-12-10-17(11-13-20)18-7-4-8-19(15-18)24(25,26)27/h4,7-8,15,17,20-22,28H,3,5-6,9-14,16H2,1-2H3/t17?,20?,21-,22-/m0/s1. The molecule has 1 aromatic carbocycles. The summed E-state index contributed by atoms with van der Waals surface area (Å²) in [5.41, 5.74) is 0.0798. The third-order valence-electron chi connectivity index (χ3n) is 6.79. The van der Waals surface area contributed by atoms with Gasteiger partial charge in [0.25, 0.3) is 0 Å². The lowest BCUT2D eigenvalue weighted by molar-refractivity contribution is -0.138. The van der Waals surface area contributed by atoms with Crippen molar-refractivity contribution >= 4 is 15.9 Å². The number of halogens is 3. The fourth-order valence-corrected chi connectivity index (χ4v) is 5.93. The van der Waals surface area contributed by atoms with Crippen molar-refractivity contribution in [1.29, 1.82) is 0 Å². The predicted molar refractivity (Wildman–Crippen MR) is 124 cm³/mol. The van der Waals surface area contributed by atoms with E-state index in [1.54, 1.807) is 11.0 Å². The fraction of sp³-hybridized carbons (Fsp3) is 0.708. The first kappa shape index (κ1) is 26.9. The number of carbonyl (C=O) groups excluding carboxylic acids is 1. The van der Waals surface area contributed by atoms with E-state index < -0.39 is 27.8 Å². The van der Waals surface area contributed by atoms with E-state index in [1.807, 2.05) is 6.92 Å². The van der Waals surface area contributed by atoms with Crippen LogP contribution >= 0.6 is 0 Å². The predicted octanol–water partition coefficient (Wildman–Crippen LogP) is 4.46. The quantitative estimate of drug-likeness (QED) is 0.567. The van der Waals surface area contributed by atoms with Crippen LogP contribution in [0.3, 0.4) is 0 Å². The van der Waals surface area contributed by atoms with Crippen LogP contribution in [0.2, 0.25) is 0 Å². The average Bonchev–Trinajstić information content (AvgIpc) is 2.77. The second-order valence-electron chi connectivity index (χ2n) is 9.47. The van der Waals surface area contributed by atoms with Gasteiger partial charge in [0, 0.05) is 19.0 Å². The molecule has 0 radical (unpaired) electrons. The van der Waals surface area contributed by atoms with Crippen LogP contribution in [0.25, 0.3) is 0 Å². The molecule has 1 aromatic rings. The molecule has 6 nitrogen and oxygen atoms in total. The van der Waals surface area contributed by atoms with Crippen molar-refractivity contribution in [2.75, 3.05) is 19.4 Å². The first-order valence-electron chi connectivity index (χ1n) is 12.0. The van der Waals surface area contributed by atoms with E-state index in [0.717, 1.165) is 31.6 Å². The minimum atomic E-state index is -4.35. The lowest BCUT2D eigenvalue weighted by Crippen LogP contribution is -2.59. The summed E-state index contributed by atoms with van der Waals surface area (Å²) in [6.07, 6.45) is 2.05. The molecule has 1 aliphatic heterocycles. The van der Waals surface area contributed by atoms with Crippen LogP contribution in [-0.4, -0.2) is 56.8 Å². The van der Waals surface area contributed by atoms with E-state index in [1.165, 1.54) is 12.1 Å². The fourth-order valence-electron chi connectivity index (χ4n) is 5.11. The summed E-state index contributed by atoms with van der Waals surface area (Å²) >= 11 is 0. The van der Waals surface area contributed by atoms with Gasteiger partial charge in [0.2, 0.25) is 15.9 Å². The summed E-state index contributed by atoms with van der Waals surface area (Å²) < 4.78 is 71.8. The number of rotatable bonds is 8. The Balaban J connectivity index is 1.61. The summed E-state index contributed by atoms with van der Waals surface area (Å²) in [5.74, 6) is 0.0588. The number of ether oxygens (including phenoxy) is 1. The molecule has 0 aromatic heterocycles. The number of amides is 1. The minimum absolute atomic E-state index is 0.00403. The number of piperidine rings is 1. The smallest absolute Gasteiger partial charge is 0.376 e. The van der Waals surface area contributed by atoms with Gasteiger partial charge in [-0.15, -0.1) is 0 Å². The Bertz CT molecular complexity index is 930. The van der Waals surface area contributed by atoms with E-state index >= 15 is 0 Å². The number of hydrogen-bond acceptors (Lipinski definition) is 4. The van der Waals surface area contributed by atoms with Gasteiger partial charge in [-0.3, -0.25) is 4.79 Å². The van der Waals surface area contributed by atoms with Gasteiger partial charge in [-0.05, 0) is 62.5 Å². The van der Waals surface area contributed by atoms with Gasteiger partial charge < -0.3 is 9.64 Å². The molecule has 2 aliphatic rings. The zero-order valence-electron chi connectivity index (χ0n) is 19.8. The largest absolute Gasteiger partial charge is 0.416 e. The lowest BCUT2D eigenvalue weighted by atomic mass is 9.82. The molecule has 2 atom stereocenters. The zero-order chi connectivity index (χ0) is 24.9. The molecule has 2 fully saturated rings. The Morgan fingerprint density at radius 2 is 1.88 bits per heavy atom. The van der Waals surface area contributed by atoms with Crippen molar-refractivity contribution in [3.8, 4) is 0 Å². The van der Waals surface area contributed by atoms with E-state index in [4.69, 9.17) is 4.74 Å². The van der Waals surface area contributed by atoms with Crippen LogP contribution in [0.15, 0.2) is 24.3 Å². The van der Waals surface area contributed by atoms with Crippen LogP contribution in [-0.2, 0) is 25.7 Å². The average molecular weight is 505 g/mol. The molecule has 0 bridgehead atoms. The van der Waals surface area contributed by atoms with Gasteiger partial charge in [-0.1, -0.05) is 25.1 Å². The van der Waals surface area contributed by atoms with Crippen molar-refractivity contribution < 1.29 is 31.1 Å². The van der Waals surface area contributed by atoms with Crippen LogP contribution in [0.1, 0.15) is 75.3 Å². The Hall–Kier alpha value is -1.65. The zero-order valence-corrected chi connectivity index (χ0v) is 20.6. The second-order valence-corrected chi connectivity index (χ2v) is 11.3. The van der Waals surface area contributed by atoms with Gasteiger partial charge in [0.05, 0.1) is 30.6 Å². The number of hydrogen-bond donors (Lipinski definition) is 1. The SMILES string of the molecule is CCCC(=O)N1CCC[C@H](NS(C)(=O)=O)[C@@H]1COC1CCC(c2cccc(C(F)(F)F)c2)CC1. The summed E-state index contributed by atoms with van der Waals surface area (Å²) in [6.45, 7) is 2.75. The highest BCUT2D eigenvalue weighted by atomic mass is 32.2. The number of nitrogens with one attached hydrogen (secondary N) is 1. The van der Waals surface area contributed by atoms with E-state index in [2.05, 4.69) is 4.72 Å². The van der Waals surface area contributed by atoms with Crippen molar-refractivity contribution in [1.82, 2.24) is 9.62 Å². The van der Waals surface area contributed by atoms with Gasteiger partial charge in [0.15, 0.2) is 0 Å². The van der Waals surface area contributed by atoms with Crippen LogP contribution in [0.5, 0.6) is 0 Å². The highest BCUT2D eigenvalue weighted by Gasteiger charge is 2.37. The first-order chi connectivity index (χ1) is 16.0. The lowest BCUT2D eigenvalue weighted by Gasteiger charge is -2.42. The van der Waals surface area contributed by atoms with Gasteiger partial charge in [0.1, 0.15) is 0 Å². The number of alkyl halides is 3. The number of nitrogens with zero attached hydrogens (tertiary/aromatic N) is 1. The molecule has 10 heteroatoms. The number of sulfonamides is 1. The highest BCUT2D eigenvalue weighted by molar-refractivity contribution is 7.88. The van der Waals surface area contributed by atoms with E-state index in [-0.39, 0.29) is 30.6 Å². The molecular formula is C24H35F3N2O4S. The van der Waals surface area contributed by atoms with Crippen LogP contribution in [0.4, 0.5) is 13.2 Å². The Morgan fingerprint density at radius 3 is 2.50 bits per heavy atom. The normalized spacial score (nSPS) is 26.4. The minimum Gasteiger partial charge on any atom is -0.376 e. The van der Waals surface area contributed by atoms with Crippen LogP contribution < -0.4 is 4.72 Å². The molecule has 1 N–H and O–H groups in total. The monoisotopic (exact) mass is 504 g/mol. The summed E-state index contributed by atoms with van der Waals surface area (Å²) in [6, 6.07) is 4.78. The van der Waals surface area contributed by atoms with E-state index in [0.29, 0.717) is 44.2 Å². The molecule has 0 unspecified atom stereocenters. The molecule has 192 valence electrons.